The maximum absolute atomic E-state index is 13.8. The number of nitrogen functional groups attached to an aromatic ring is 1. The lowest BCUT2D eigenvalue weighted by Gasteiger charge is -2.18. The molecule has 0 aliphatic heterocycles. The number of H-pyrrole nitrogens is 1. The SMILES string of the molecule is CC=Cc1cc(C)cc(C(=O)c2c(C(C)C)c(=O)[nH]c(=O)n2Cc2cc(N)nc(F)c2)c1. The Kier molecular flexibility index (Phi) is 6.53. The molecule has 0 aliphatic rings. The number of aromatic amines is 1. The molecular weight excluding hydrogens is 411 g/mol. The molecule has 32 heavy (non-hydrogen) atoms. The summed E-state index contributed by atoms with van der Waals surface area (Å²) in [5.74, 6) is -1.66. The second kappa shape index (κ2) is 9.13. The highest BCUT2D eigenvalue weighted by atomic mass is 19.1. The number of pyridine rings is 1. The average molecular weight is 436 g/mol. The number of nitrogens with two attached hydrogens (primary N) is 1. The van der Waals surface area contributed by atoms with Crippen molar-refractivity contribution in [2.75, 3.05) is 5.73 Å². The minimum atomic E-state index is -0.802. The van der Waals surface area contributed by atoms with E-state index in [0.717, 1.165) is 21.8 Å². The first-order valence-corrected chi connectivity index (χ1v) is 10.2. The van der Waals surface area contributed by atoms with E-state index in [0.29, 0.717) is 11.1 Å². The quantitative estimate of drug-likeness (QED) is 0.454. The van der Waals surface area contributed by atoms with E-state index in [1.54, 1.807) is 26.0 Å². The van der Waals surface area contributed by atoms with Gasteiger partial charge in [-0.25, -0.2) is 9.78 Å². The predicted octanol–water partition coefficient (Wildman–Crippen LogP) is 3.40. The lowest BCUT2D eigenvalue weighted by atomic mass is 9.95. The number of carbonyl (C=O) groups is 1. The molecule has 166 valence electrons. The van der Waals surface area contributed by atoms with Crippen molar-refractivity contribution >= 4 is 17.7 Å². The van der Waals surface area contributed by atoms with Gasteiger partial charge in [-0.15, -0.1) is 0 Å². The summed E-state index contributed by atoms with van der Waals surface area (Å²) >= 11 is 0. The Bertz CT molecular complexity index is 1320. The number of benzene rings is 1. The average Bonchev–Trinajstić information content (AvgIpc) is 2.68. The fraction of sp³-hybridized carbons (Fsp3) is 0.250. The Morgan fingerprint density at radius 2 is 1.94 bits per heavy atom. The number of hydrogen-bond donors (Lipinski definition) is 2. The van der Waals surface area contributed by atoms with Gasteiger partial charge < -0.3 is 5.73 Å². The van der Waals surface area contributed by atoms with E-state index in [4.69, 9.17) is 5.73 Å². The van der Waals surface area contributed by atoms with Crippen LogP contribution in [0.3, 0.4) is 0 Å². The third-order valence-electron chi connectivity index (χ3n) is 4.96. The number of nitrogens with zero attached hydrogens (tertiary/aromatic N) is 2. The molecule has 7 nitrogen and oxygen atoms in total. The van der Waals surface area contributed by atoms with Gasteiger partial charge in [-0.3, -0.25) is 19.1 Å². The highest BCUT2D eigenvalue weighted by molar-refractivity contribution is 6.09. The van der Waals surface area contributed by atoms with Crippen LogP contribution < -0.4 is 17.0 Å². The van der Waals surface area contributed by atoms with E-state index in [1.807, 2.05) is 32.1 Å². The fourth-order valence-electron chi connectivity index (χ4n) is 3.73. The van der Waals surface area contributed by atoms with Crippen LogP contribution in [0.4, 0.5) is 10.2 Å². The topological polar surface area (TPSA) is 111 Å². The third-order valence-corrected chi connectivity index (χ3v) is 4.96. The first kappa shape index (κ1) is 22.9. The number of hydrogen-bond acceptors (Lipinski definition) is 5. The maximum atomic E-state index is 13.8. The highest BCUT2D eigenvalue weighted by Gasteiger charge is 2.25. The Hall–Kier alpha value is -3.81. The van der Waals surface area contributed by atoms with E-state index < -0.39 is 23.0 Å². The summed E-state index contributed by atoms with van der Waals surface area (Å²) in [7, 11) is 0. The van der Waals surface area contributed by atoms with Crippen LogP contribution in [0.1, 0.15) is 65.0 Å². The van der Waals surface area contributed by atoms with Crippen LogP contribution in [0, 0.1) is 12.9 Å². The van der Waals surface area contributed by atoms with Gasteiger partial charge in [0.25, 0.3) is 5.56 Å². The second-order valence-corrected chi connectivity index (χ2v) is 7.95. The van der Waals surface area contributed by atoms with Crippen molar-refractivity contribution in [2.24, 2.45) is 0 Å². The number of anilines is 1. The molecule has 3 aromatic rings. The van der Waals surface area contributed by atoms with E-state index in [-0.39, 0.29) is 29.5 Å². The Morgan fingerprint density at radius 1 is 1.22 bits per heavy atom. The predicted molar refractivity (Wildman–Crippen MR) is 122 cm³/mol. The molecule has 0 radical (unpaired) electrons. The molecular formula is C24H25FN4O3. The molecule has 2 heterocycles. The minimum Gasteiger partial charge on any atom is -0.384 e. The molecule has 3 rings (SSSR count). The number of halogens is 1. The van der Waals surface area contributed by atoms with Gasteiger partial charge in [0.1, 0.15) is 11.5 Å². The van der Waals surface area contributed by atoms with E-state index in [9.17, 15) is 18.8 Å². The lowest BCUT2D eigenvalue weighted by Crippen LogP contribution is -2.38. The van der Waals surface area contributed by atoms with Crippen LogP contribution in [-0.4, -0.2) is 20.3 Å². The Morgan fingerprint density at radius 3 is 2.56 bits per heavy atom. The zero-order chi connectivity index (χ0) is 23.6. The van der Waals surface area contributed by atoms with Crippen molar-refractivity contribution in [1.82, 2.24) is 14.5 Å². The molecule has 3 N–H and O–H groups in total. The number of rotatable bonds is 6. The van der Waals surface area contributed by atoms with Crippen molar-refractivity contribution in [2.45, 2.75) is 40.2 Å². The van der Waals surface area contributed by atoms with Crippen LogP contribution in [-0.2, 0) is 6.54 Å². The molecule has 0 spiro atoms. The van der Waals surface area contributed by atoms with Crippen LogP contribution in [0.2, 0.25) is 0 Å². The van der Waals surface area contributed by atoms with E-state index >= 15 is 0 Å². The summed E-state index contributed by atoms with van der Waals surface area (Å²) < 4.78 is 14.9. The van der Waals surface area contributed by atoms with Gasteiger partial charge >= 0.3 is 5.69 Å². The molecule has 0 fully saturated rings. The normalized spacial score (nSPS) is 11.4. The molecule has 0 amide bonds. The van der Waals surface area contributed by atoms with Gasteiger partial charge in [0.15, 0.2) is 0 Å². The lowest BCUT2D eigenvalue weighted by molar-refractivity contribution is 0.102. The summed E-state index contributed by atoms with van der Waals surface area (Å²) in [4.78, 5) is 44.9. The third kappa shape index (κ3) is 4.74. The van der Waals surface area contributed by atoms with Gasteiger partial charge in [-0.2, -0.15) is 4.39 Å². The zero-order valence-electron chi connectivity index (χ0n) is 18.4. The van der Waals surface area contributed by atoms with Crippen molar-refractivity contribution in [1.29, 1.82) is 0 Å². The van der Waals surface area contributed by atoms with Crippen LogP contribution >= 0.6 is 0 Å². The van der Waals surface area contributed by atoms with Gasteiger partial charge in [0.05, 0.1) is 6.54 Å². The van der Waals surface area contributed by atoms with Crippen molar-refractivity contribution in [3.63, 3.8) is 0 Å². The maximum Gasteiger partial charge on any atom is 0.329 e. The molecule has 0 bridgehead atoms. The van der Waals surface area contributed by atoms with Crippen LogP contribution in [0.25, 0.3) is 6.08 Å². The largest absolute Gasteiger partial charge is 0.384 e. The molecule has 0 unspecified atom stereocenters. The first-order chi connectivity index (χ1) is 15.1. The van der Waals surface area contributed by atoms with Crippen LogP contribution in [0.5, 0.6) is 0 Å². The summed E-state index contributed by atoms with van der Waals surface area (Å²) in [6.45, 7) is 7.10. The molecule has 0 saturated heterocycles. The number of nitrogens with one attached hydrogen (secondary N) is 1. The molecule has 8 heteroatoms. The zero-order valence-corrected chi connectivity index (χ0v) is 18.4. The van der Waals surface area contributed by atoms with E-state index in [2.05, 4.69) is 9.97 Å². The molecule has 2 aromatic heterocycles. The first-order valence-electron chi connectivity index (χ1n) is 10.2. The number of carbonyl (C=O) groups excluding carboxylic acids is 1. The number of aryl methyl sites for hydroxylation is 1. The smallest absolute Gasteiger partial charge is 0.329 e. The minimum absolute atomic E-state index is 0.0263. The molecule has 0 aliphatic carbocycles. The molecule has 0 atom stereocenters. The molecule has 1 aromatic carbocycles. The van der Waals surface area contributed by atoms with Crippen molar-refractivity contribution in [3.05, 3.63) is 96.7 Å². The van der Waals surface area contributed by atoms with Crippen molar-refractivity contribution < 1.29 is 9.18 Å². The Balaban J connectivity index is 2.28. The van der Waals surface area contributed by atoms with Gasteiger partial charge in [-0.1, -0.05) is 32.1 Å². The summed E-state index contributed by atoms with van der Waals surface area (Å²) in [6, 6.07) is 7.89. The van der Waals surface area contributed by atoms with Gasteiger partial charge in [0, 0.05) is 11.1 Å². The second-order valence-electron chi connectivity index (χ2n) is 7.95. The van der Waals surface area contributed by atoms with Gasteiger partial charge in [-0.05, 0) is 60.7 Å². The van der Waals surface area contributed by atoms with E-state index in [1.165, 1.54) is 6.07 Å². The monoisotopic (exact) mass is 436 g/mol. The number of allylic oxidation sites excluding steroid dienone is 1. The number of ketones is 1. The number of aromatic nitrogens is 3. The summed E-state index contributed by atoms with van der Waals surface area (Å²) in [5.41, 5.74) is 6.78. The van der Waals surface area contributed by atoms with Gasteiger partial charge in [0.2, 0.25) is 11.7 Å². The van der Waals surface area contributed by atoms with Crippen molar-refractivity contribution in [3.8, 4) is 0 Å². The highest BCUT2D eigenvalue weighted by Crippen LogP contribution is 2.21. The standard InChI is InChI=1S/C24H25FN4O3/c1-5-6-15-7-14(4)8-17(9-15)22(30)21-20(13(2)3)23(31)28-24(32)29(21)12-16-10-18(25)27-19(26)11-16/h5-11,13H,12H2,1-4H3,(H2,26,27)(H,28,31,32). The summed E-state index contributed by atoms with van der Waals surface area (Å²) in [5, 5.41) is 0. The van der Waals surface area contributed by atoms with Crippen LogP contribution in [0.15, 0.2) is 46.0 Å². The fourth-order valence-corrected chi connectivity index (χ4v) is 3.73. The Labute approximate surface area is 184 Å². The molecule has 0 saturated carbocycles. The summed E-state index contributed by atoms with van der Waals surface area (Å²) in [6.07, 6.45) is 3.72.